The minimum atomic E-state index is -3.27. The topological polar surface area (TPSA) is 58.6 Å². The number of ether oxygens (including phenoxy) is 1. The Morgan fingerprint density at radius 2 is 1.84 bits per heavy atom. The molecule has 2 aromatic carbocycles. The summed E-state index contributed by atoms with van der Waals surface area (Å²) in [6, 6.07) is 16.7. The molecule has 3 rings (SSSR count). The van der Waals surface area contributed by atoms with Crippen LogP contribution in [0.15, 0.2) is 59.5 Å². The lowest BCUT2D eigenvalue weighted by atomic mass is 10.0. The van der Waals surface area contributed by atoms with Gasteiger partial charge in [-0.05, 0) is 18.2 Å². The molecule has 1 atom stereocenters. The Hall–Kier alpha value is -1.89. The molecule has 0 saturated carbocycles. The van der Waals surface area contributed by atoms with E-state index in [1.54, 1.807) is 31.4 Å². The van der Waals surface area contributed by atoms with E-state index < -0.39 is 9.84 Å². The van der Waals surface area contributed by atoms with E-state index in [4.69, 9.17) is 4.74 Å². The summed E-state index contributed by atoms with van der Waals surface area (Å²) in [5.74, 6) is 0.954. The molecular formula is C19H24N2O3S. The SMILES string of the molecule is COc1ccccc1C1CNCCN1CCS(=O)(=O)c1ccccc1. The van der Waals surface area contributed by atoms with Crippen LogP contribution < -0.4 is 10.1 Å². The minimum Gasteiger partial charge on any atom is -0.496 e. The molecule has 1 saturated heterocycles. The highest BCUT2D eigenvalue weighted by molar-refractivity contribution is 7.91. The van der Waals surface area contributed by atoms with Crippen molar-refractivity contribution in [3.05, 3.63) is 60.2 Å². The van der Waals surface area contributed by atoms with E-state index in [1.807, 2.05) is 24.3 Å². The number of hydrogen-bond acceptors (Lipinski definition) is 5. The summed E-state index contributed by atoms with van der Waals surface area (Å²) in [6.45, 7) is 2.96. The average Bonchev–Trinajstić information content (AvgIpc) is 2.67. The van der Waals surface area contributed by atoms with Crippen LogP contribution in [0.5, 0.6) is 5.75 Å². The van der Waals surface area contributed by atoms with Crippen molar-refractivity contribution < 1.29 is 13.2 Å². The van der Waals surface area contributed by atoms with Crippen molar-refractivity contribution in [2.24, 2.45) is 0 Å². The predicted molar refractivity (Wildman–Crippen MR) is 98.7 cm³/mol. The minimum absolute atomic E-state index is 0.107. The van der Waals surface area contributed by atoms with E-state index in [0.717, 1.165) is 30.9 Å². The smallest absolute Gasteiger partial charge is 0.179 e. The van der Waals surface area contributed by atoms with Gasteiger partial charge in [0.25, 0.3) is 0 Å². The zero-order valence-corrected chi connectivity index (χ0v) is 15.2. The van der Waals surface area contributed by atoms with Crippen molar-refractivity contribution in [1.29, 1.82) is 0 Å². The van der Waals surface area contributed by atoms with Crippen molar-refractivity contribution in [2.45, 2.75) is 10.9 Å². The molecule has 0 aliphatic carbocycles. The molecule has 6 heteroatoms. The molecule has 0 amide bonds. The lowest BCUT2D eigenvalue weighted by Crippen LogP contribution is -2.47. The van der Waals surface area contributed by atoms with Gasteiger partial charge >= 0.3 is 0 Å². The lowest BCUT2D eigenvalue weighted by Gasteiger charge is -2.37. The molecule has 1 N–H and O–H groups in total. The molecule has 0 bridgehead atoms. The van der Waals surface area contributed by atoms with Gasteiger partial charge < -0.3 is 10.1 Å². The van der Waals surface area contributed by atoms with Crippen LogP contribution in [0.3, 0.4) is 0 Å². The van der Waals surface area contributed by atoms with Crippen molar-refractivity contribution >= 4 is 9.84 Å². The van der Waals surface area contributed by atoms with Gasteiger partial charge in [-0.1, -0.05) is 36.4 Å². The summed E-state index contributed by atoms with van der Waals surface area (Å²) < 4.78 is 30.6. The molecule has 0 spiro atoms. The van der Waals surface area contributed by atoms with Crippen LogP contribution in [-0.2, 0) is 9.84 Å². The molecular weight excluding hydrogens is 336 g/mol. The second-order valence-corrected chi connectivity index (χ2v) is 8.24. The number of sulfone groups is 1. The Morgan fingerprint density at radius 3 is 2.60 bits per heavy atom. The van der Waals surface area contributed by atoms with E-state index in [0.29, 0.717) is 11.4 Å². The fraction of sp³-hybridized carbons (Fsp3) is 0.368. The molecule has 1 unspecified atom stereocenters. The number of para-hydroxylation sites is 1. The highest BCUT2D eigenvalue weighted by atomic mass is 32.2. The van der Waals surface area contributed by atoms with E-state index in [-0.39, 0.29) is 11.8 Å². The highest BCUT2D eigenvalue weighted by Crippen LogP contribution is 2.30. The first-order valence-corrected chi connectivity index (χ1v) is 10.1. The Bertz CT molecular complexity index is 793. The van der Waals surface area contributed by atoms with Crippen molar-refractivity contribution in [3.8, 4) is 5.75 Å². The Morgan fingerprint density at radius 1 is 1.12 bits per heavy atom. The zero-order chi connectivity index (χ0) is 17.7. The molecule has 5 nitrogen and oxygen atoms in total. The number of benzene rings is 2. The van der Waals surface area contributed by atoms with E-state index in [9.17, 15) is 8.42 Å². The standard InChI is InChI=1S/C19H24N2O3S/c1-24-19-10-6-5-9-17(19)18-15-20-11-12-21(18)13-14-25(22,23)16-7-3-2-4-8-16/h2-10,18,20H,11-15H2,1H3. The molecule has 0 radical (unpaired) electrons. The number of hydrogen-bond donors (Lipinski definition) is 1. The van der Waals surface area contributed by atoms with Gasteiger partial charge in [-0.3, -0.25) is 4.90 Å². The maximum atomic E-state index is 12.6. The molecule has 1 aliphatic heterocycles. The second kappa shape index (κ2) is 7.99. The third-order valence-electron chi connectivity index (χ3n) is 4.60. The predicted octanol–water partition coefficient (Wildman–Crippen LogP) is 2.12. The first-order chi connectivity index (χ1) is 12.1. The average molecular weight is 360 g/mol. The largest absolute Gasteiger partial charge is 0.496 e. The van der Waals surface area contributed by atoms with Gasteiger partial charge in [0.15, 0.2) is 9.84 Å². The first-order valence-electron chi connectivity index (χ1n) is 8.47. The van der Waals surface area contributed by atoms with E-state index in [2.05, 4.69) is 16.3 Å². The molecule has 134 valence electrons. The normalized spacial score (nSPS) is 18.8. The monoisotopic (exact) mass is 360 g/mol. The van der Waals surface area contributed by atoms with Gasteiger partial charge in [0.2, 0.25) is 0 Å². The van der Waals surface area contributed by atoms with Crippen LogP contribution in [0.25, 0.3) is 0 Å². The third-order valence-corrected chi connectivity index (χ3v) is 6.31. The summed E-state index contributed by atoms with van der Waals surface area (Å²) >= 11 is 0. The quantitative estimate of drug-likeness (QED) is 0.855. The van der Waals surface area contributed by atoms with Crippen molar-refractivity contribution in [2.75, 3.05) is 39.0 Å². The Labute approximate surface area is 149 Å². The molecule has 0 aromatic heterocycles. The molecule has 1 aliphatic rings. The number of piperazine rings is 1. The molecule has 1 fully saturated rings. The van der Waals surface area contributed by atoms with Crippen molar-refractivity contribution in [1.82, 2.24) is 10.2 Å². The van der Waals surface area contributed by atoms with Gasteiger partial charge in [0.1, 0.15) is 5.75 Å². The van der Waals surface area contributed by atoms with E-state index in [1.165, 1.54) is 0 Å². The summed E-state index contributed by atoms with van der Waals surface area (Å²) in [5.41, 5.74) is 1.09. The maximum Gasteiger partial charge on any atom is 0.179 e. The van der Waals surface area contributed by atoms with Crippen LogP contribution in [0.1, 0.15) is 11.6 Å². The van der Waals surface area contributed by atoms with Crippen molar-refractivity contribution in [3.63, 3.8) is 0 Å². The second-order valence-electron chi connectivity index (χ2n) is 6.13. The van der Waals surface area contributed by atoms with Crippen LogP contribution in [0, 0.1) is 0 Å². The third kappa shape index (κ3) is 4.21. The first kappa shape index (κ1) is 17.9. The number of methoxy groups -OCH3 is 1. The van der Waals surface area contributed by atoms with Gasteiger partial charge in [0, 0.05) is 31.7 Å². The van der Waals surface area contributed by atoms with Gasteiger partial charge in [-0.15, -0.1) is 0 Å². The number of rotatable bonds is 6. The summed E-state index contributed by atoms with van der Waals surface area (Å²) in [4.78, 5) is 2.62. The van der Waals surface area contributed by atoms with Crippen LogP contribution in [-0.4, -0.2) is 52.4 Å². The Kier molecular flexibility index (Phi) is 5.73. The lowest BCUT2D eigenvalue weighted by molar-refractivity contribution is 0.168. The van der Waals surface area contributed by atoms with Crippen LogP contribution in [0.2, 0.25) is 0 Å². The fourth-order valence-electron chi connectivity index (χ4n) is 3.25. The fourth-order valence-corrected chi connectivity index (χ4v) is 4.53. The number of nitrogens with one attached hydrogen (secondary N) is 1. The molecule has 1 heterocycles. The molecule has 2 aromatic rings. The summed E-state index contributed by atoms with van der Waals surface area (Å²) in [7, 11) is -1.61. The highest BCUT2D eigenvalue weighted by Gasteiger charge is 2.27. The van der Waals surface area contributed by atoms with Crippen LogP contribution in [0.4, 0.5) is 0 Å². The van der Waals surface area contributed by atoms with E-state index >= 15 is 0 Å². The van der Waals surface area contributed by atoms with Gasteiger partial charge in [-0.2, -0.15) is 0 Å². The Balaban J connectivity index is 1.76. The molecule has 25 heavy (non-hydrogen) atoms. The summed E-state index contributed by atoms with van der Waals surface area (Å²) in [6.07, 6.45) is 0. The zero-order valence-electron chi connectivity index (χ0n) is 14.4. The van der Waals surface area contributed by atoms with Crippen LogP contribution >= 0.6 is 0 Å². The van der Waals surface area contributed by atoms with Gasteiger partial charge in [-0.25, -0.2) is 8.42 Å². The number of nitrogens with zero attached hydrogens (tertiary/aromatic N) is 1. The van der Waals surface area contributed by atoms with Gasteiger partial charge in [0.05, 0.1) is 23.8 Å². The summed E-state index contributed by atoms with van der Waals surface area (Å²) in [5, 5.41) is 3.40. The maximum absolute atomic E-state index is 12.6.